The van der Waals surface area contributed by atoms with E-state index in [1.807, 2.05) is 13.8 Å². The zero-order valence-electron chi connectivity index (χ0n) is 8.67. The standard InChI is InChI=1S/C7H14N2O2.C2H6/c1-2-6(10)5(8)3-4-7(9)11;1-2/h5H,2-4,8H2,1H3,(H2,9,11);1-2H3. The van der Waals surface area contributed by atoms with Crippen LogP contribution in [0, 0.1) is 0 Å². The van der Waals surface area contributed by atoms with E-state index in [1.165, 1.54) is 0 Å². The highest BCUT2D eigenvalue weighted by Crippen LogP contribution is 1.97. The van der Waals surface area contributed by atoms with Gasteiger partial charge in [0.2, 0.25) is 5.91 Å². The van der Waals surface area contributed by atoms with Crippen LogP contribution < -0.4 is 11.5 Å². The van der Waals surface area contributed by atoms with Crippen LogP contribution in [0.5, 0.6) is 0 Å². The molecule has 0 heterocycles. The van der Waals surface area contributed by atoms with Gasteiger partial charge in [0.15, 0.2) is 0 Å². The summed E-state index contributed by atoms with van der Waals surface area (Å²) in [5.41, 5.74) is 10.3. The molecule has 1 atom stereocenters. The molecule has 0 bridgehead atoms. The van der Waals surface area contributed by atoms with Crippen molar-refractivity contribution in [2.24, 2.45) is 11.5 Å². The Balaban J connectivity index is 0. The molecule has 0 rings (SSSR count). The van der Waals surface area contributed by atoms with Gasteiger partial charge in [0, 0.05) is 12.8 Å². The number of Topliss-reactive ketones (excluding diaryl/α,β-unsaturated/α-hetero) is 1. The van der Waals surface area contributed by atoms with Gasteiger partial charge in [0.25, 0.3) is 0 Å². The highest BCUT2D eigenvalue weighted by Gasteiger charge is 2.11. The molecule has 1 amide bonds. The second-order valence-corrected chi connectivity index (χ2v) is 2.43. The molecule has 0 aliphatic rings. The first-order chi connectivity index (χ1) is 6.07. The van der Waals surface area contributed by atoms with E-state index in [0.717, 1.165) is 0 Å². The van der Waals surface area contributed by atoms with Gasteiger partial charge in [-0.2, -0.15) is 0 Å². The van der Waals surface area contributed by atoms with Crippen molar-refractivity contribution < 1.29 is 9.59 Å². The van der Waals surface area contributed by atoms with Crippen LogP contribution in [0.3, 0.4) is 0 Å². The molecule has 0 spiro atoms. The summed E-state index contributed by atoms with van der Waals surface area (Å²) in [6, 6.07) is -0.521. The third-order valence-corrected chi connectivity index (χ3v) is 1.46. The van der Waals surface area contributed by atoms with Crippen molar-refractivity contribution >= 4 is 11.7 Å². The number of ketones is 1. The number of hydrogen-bond donors (Lipinski definition) is 2. The van der Waals surface area contributed by atoms with E-state index in [9.17, 15) is 9.59 Å². The van der Waals surface area contributed by atoms with Crippen molar-refractivity contribution in [3.8, 4) is 0 Å². The molecule has 1 unspecified atom stereocenters. The zero-order chi connectivity index (χ0) is 10.9. The molecule has 4 nitrogen and oxygen atoms in total. The van der Waals surface area contributed by atoms with E-state index in [1.54, 1.807) is 6.92 Å². The van der Waals surface area contributed by atoms with Crippen LogP contribution in [-0.4, -0.2) is 17.7 Å². The number of hydrogen-bond acceptors (Lipinski definition) is 3. The summed E-state index contributed by atoms with van der Waals surface area (Å²) in [7, 11) is 0. The van der Waals surface area contributed by atoms with E-state index in [0.29, 0.717) is 12.8 Å². The topological polar surface area (TPSA) is 86.2 Å². The molecule has 0 saturated heterocycles. The van der Waals surface area contributed by atoms with Crippen molar-refractivity contribution in [2.75, 3.05) is 0 Å². The third kappa shape index (κ3) is 9.01. The molecule has 78 valence electrons. The van der Waals surface area contributed by atoms with E-state index in [2.05, 4.69) is 0 Å². The summed E-state index contributed by atoms with van der Waals surface area (Å²) in [5.74, 6) is -0.435. The first-order valence-electron chi connectivity index (χ1n) is 4.64. The minimum Gasteiger partial charge on any atom is -0.370 e. The number of carbonyl (C=O) groups excluding carboxylic acids is 2. The highest BCUT2D eigenvalue weighted by molar-refractivity contribution is 5.84. The summed E-state index contributed by atoms with van der Waals surface area (Å²) in [6.07, 6.45) is 0.967. The lowest BCUT2D eigenvalue weighted by Gasteiger charge is -2.06. The van der Waals surface area contributed by atoms with E-state index < -0.39 is 11.9 Å². The van der Waals surface area contributed by atoms with Gasteiger partial charge in [-0.05, 0) is 6.42 Å². The maximum Gasteiger partial charge on any atom is 0.217 e. The molecule has 0 saturated carbocycles. The van der Waals surface area contributed by atoms with Crippen LogP contribution >= 0.6 is 0 Å². The third-order valence-electron chi connectivity index (χ3n) is 1.46. The van der Waals surface area contributed by atoms with E-state index >= 15 is 0 Å². The number of amides is 1. The smallest absolute Gasteiger partial charge is 0.217 e. The van der Waals surface area contributed by atoms with Crippen molar-refractivity contribution in [2.45, 2.75) is 46.1 Å². The normalized spacial score (nSPS) is 11.1. The Labute approximate surface area is 79.7 Å². The van der Waals surface area contributed by atoms with Crippen LogP contribution in [0.15, 0.2) is 0 Å². The van der Waals surface area contributed by atoms with Gasteiger partial charge in [-0.15, -0.1) is 0 Å². The van der Waals surface area contributed by atoms with E-state index in [-0.39, 0.29) is 12.2 Å². The molecule has 0 aliphatic heterocycles. The molecular weight excluding hydrogens is 168 g/mol. The summed E-state index contributed by atoms with van der Waals surface area (Å²) in [6.45, 7) is 5.74. The largest absolute Gasteiger partial charge is 0.370 e. The molecule has 4 heteroatoms. The molecule has 0 fully saturated rings. The average Bonchev–Trinajstić information content (AvgIpc) is 2.16. The maximum atomic E-state index is 10.8. The molecule has 0 aliphatic carbocycles. The average molecular weight is 188 g/mol. The zero-order valence-corrected chi connectivity index (χ0v) is 8.67. The van der Waals surface area contributed by atoms with Gasteiger partial charge < -0.3 is 11.5 Å². The van der Waals surface area contributed by atoms with Crippen molar-refractivity contribution in [1.82, 2.24) is 0 Å². The second-order valence-electron chi connectivity index (χ2n) is 2.43. The fourth-order valence-corrected chi connectivity index (χ4v) is 0.721. The summed E-state index contributed by atoms with van der Waals surface area (Å²) in [4.78, 5) is 21.1. The molecule has 0 radical (unpaired) electrons. The molecular formula is C9H20N2O2. The first kappa shape index (κ1) is 14.6. The Morgan fingerprint density at radius 3 is 2.08 bits per heavy atom. The number of primary amides is 1. The molecule has 13 heavy (non-hydrogen) atoms. The second kappa shape index (κ2) is 9.19. The fraction of sp³-hybridized carbons (Fsp3) is 0.778. The van der Waals surface area contributed by atoms with Crippen LogP contribution in [0.25, 0.3) is 0 Å². The van der Waals surface area contributed by atoms with Gasteiger partial charge in [0.1, 0.15) is 5.78 Å². The Morgan fingerprint density at radius 2 is 1.77 bits per heavy atom. The molecule has 4 N–H and O–H groups in total. The summed E-state index contributed by atoms with van der Waals surface area (Å²) >= 11 is 0. The van der Waals surface area contributed by atoms with Crippen LogP contribution in [-0.2, 0) is 9.59 Å². The Bertz CT molecular complexity index is 158. The highest BCUT2D eigenvalue weighted by atomic mass is 16.1. The quantitative estimate of drug-likeness (QED) is 0.661. The first-order valence-corrected chi connectivity index (χ1v) is 4.64. The van der Waals surface area contributed by atoms with Crippen LogP contribution in [0.4, 0.5) is 0 Å². The maximum absolute atomic E-state index is 10.8. The number of rotatable bonds is 5. The Morgan fingerprint density at radius 1 is 1.31 bits per heavy atom. The van der Waals surface area contributed by atoms with Crippen LogP contribution in [0.1, 0.15) is 40.0 Å². The number of carbonyl (C=O) groups is 2. The predicted molar refractivity (Wildman–Crippen MR) is 53.0 cm³/mol. The van der Waals surface area contributed by atoms with Crippen LogP contribution in [0.2, 0.25) is 0 Å². The van der Waals surface area contributed by atoms with Crippen molar-refractivity contribution in [3.05, 3.63) is 0 Å². The lowest BCUT2D eigenvalue weighted by molar-refractivity contribution is -0.120. The SMILES string of the molecule is CC.CCC(=O)C(N)CCC(N)=O. The van der Waals surface area contributed by atoms with Gasteiger partial charge in [-0.3, -0.25) is 9.59 Å². The minimum absolute atomic E-state index is 0.0220. The molecule has 0 aromatic rings. The molecule has 0 aromatic heterocycles. The molecule has 0 aromatic carbocycles. The van der Waals surface area contributed by atoms with Gasteiger partial charge in [-0.1, -0.05) is 20.8 Å². The predicted octanol–water partition coefficient (Wildman–Crippen LogP) is 0.584. The monoisotopic (exact) mass is 188 g/mol. The lowest BCUT2D eigenvalue weighted by atomic mass is 10.1. The Kier molecular flexibility index (Phi) is 10.3. The lowest BCUT2D eigenvalue weighted by Crippen LogP contribution is -2.31. The summed E-state index contributed by atoms with van der Waals surface area (Å²) < 4.78 is 0. The van der Waals surface area contributed by atoms with Crippen molar-refractivity contribution in [3.63, 3.8) is 0 Å². The van der Waals surface area contributed by atoms with Gasteiger partial charge in [-0.25, -0.2) is 0 Å². The van der Waals surface area contributed by atoms with Gasteiger partial charge in [0.05, 0.1) is 6.04 Å². The van der Waals surface area contributed by atoms with Gasteiger partial charge >= 0.3 is 0 Å². The van der Waals surface area contributed by atoms with Crippen molar-refractivity contribution in [1.29, 1.82) is 0 Å². The minimum atomic E-state index is -0.521. The number of nitrogens with two attached hydrogens (primary N) is 2. The summed E-state index contributed by atoms with van der Waals surface area (Å²) in [5, 5.41) is 0. The van der Waals surface area contributed by atoms with E-state index in [4.69, 9.17) is 11.5 Å². The fourth-order valence-electron chi connectivity index (χ4n) is 0.721. The Hall–Kier alpha value is -0.900.